The predicted molar refractivity (Wildman–Crippen MR) is 446 cm³/mol. The monoisotopic (exact) mass is 1480 g/mol. The van der Waals surface area contributed by atoms with Gasteiger partial charge in [-0.1, -0.05) is 78.9 Å². The van der Waals surface area contributed by atoms with E-state index in [1.165, 1.54) is 77.6 Å². The molecule has 23 heteroatoms. The van der Waals surface area contributed by atoms with Gasteiger partial charge >= 0.3 is 0 Å². The van der Waals surface area contributed by atoms with E-state index in [1.54, 1.807) is 52.5 Å². The number of oxazole rings is 1. The van der Waals surface area contributed by atoms with Crippen molar-refractivity contribution in [1.82, 2.24) is 78.2 Å². The summed E-state index contributed by atoms with van der Waals surface area (Å²) in [6.45, 7) is 23.8. The number of pyridine rings is 4. The lowest BCUT2D eigenvalue weighted by Gasteiger charge is -2.10. The molecule has 5 aliphatic rings. The number of nitrogens with zero attached hydrogens (tertiary/aromatic N) is 18. The summed E-state index contributed by atoms with van der Waals surface area (Å²) in [5.41, 5.74) is 26.1. The maximum Gasteiger partial charge on any atom is 0.192 e. The van der Waals surface area contributed by atoms with Gasteiger partial charge in [-0.05, 0) is 215 Å². The van der Waals surface area contributed by atoms with Crippen LogP contribution >= 0.6 is 22.9 Å². The van der Waals surface area contributed by atoms with E-state index in [9.17, 15) is 0 Å². The number of imidazole rings is 3. The molecule has 0 bridgehead atoms. The summed E-state index contributed by atoms with van der Waals surface area (Å²) in [7, 11) is 0. The highest BCUT2D eigenvalue weighted by atomic mass is 32.1. The van der Waals surface area contributed by atoms with Crippen LogP contribution in [0.15, 0.2) is 266 Å². The first-order valence-corrected chi connectivity index (χ1v) is 37.8. The Labute approximate surface area is 644 Å². The maximum absolute atomic E-state index is 5.26. The molecule has 0 spiro atoms. The molecule has 0 atom stereocenters. The van der Waals surface area contributed by atoms with Gasteiger partial charge in [0, 0.05) is 127 Å². The lowest BCUT2D eigenvalue weighted by molar-refractivity contribution is 0.561. The predicted octanol–water partition coefficient (Wildman–Crippen LogP) is 20.7. The third-order valence-corrected chi connectivity index (χ3v) is 17.7. The second kappa shape index (κ2) is 41.0. The van der Waals surface area contributed by atoms with Crippen molar-refractivity contribution in [3.63, 3.8) is 0 Å². The van der Waals surface area contributed by atoms with E-state index in [0.29, 0.717) is 0 Å². The fraction of sp³-hybridized carbons (Fsp3) is 0.233. The molecule has 0 unspecified atom stereocenters. The maximum atomic E-state index is 5.26. The van der Waals surface area contributed by atoms with E-state index in [0.717, 1.165) is 138 Å². The molecule has 16 heterocycles. The van der Waals surface area contributed by atoms with Crippen molar-refractivity contribution >= 4 is 107 Å². The fourth-order valence-corrected chi connectivity index (χ4v) is 12.6. The number of fused-ring (bicyclic) bond motifs is 8. The minimum absolute atomic E-state index is 0.723. The summed E-state index contributed by atoms with van der Waals surface area (Å²) in [6.07, 6.45) is 25.8. The summed E-state index contributed by atoms with van der Waals surface area (Å²) < 4.78 is 12.8. The molecule has 0 saturated carbocycles. The number of thiophene rings is 1. The summed E-state index contributed by atoms with van der Waals surface area (Å²) in [6, 6.07) is 53.7. The SMILES string of the molecule is CC1=NC2=C(CCCC2)C1.CC1=Nc2ccccc2C1.CC1=Nc2ccccc2C1.CC1=Nc2cccnc2C1.Cc1ccccn1.Cc1cn2ccccc2n1.Cc1cnc2ccccc2n1.Cc1nc2ccccc2o1.Cc1nc2ccccn2n1.Cc1nc2cscc2[nH]1.Cc1ncc[nH]1.Cc1ncns1. The van der Waals surface area contributed by atoms with Gasteiger partial charge < -0.3 is 18.8 Å². The second-order valence-corrected chi connectivity index (χ2v) is 27.6. The molecule has 0 fully saturated rings. The summed E-state index contributed by atoms with van der Waals surface area (Å²) in [4.78, 5) is 64.8. The van der Waals surface area contributed by atoms with E-state index in [-0.39, 0.29) is 0 Å². The number of nitrogens with one attached hydrogen (secondary N) is 2. The molecule has 21 rings (SSSR count). The molecular weight excluding hydrogens is 1390 g/mol. The largest absolute Gasteiger partial charge is 0.441 e. The van der Waals surface area contributed by atoms with Crippen LogP contribution in [0.5, 0.6) is 0 Å². The van der Waals surface area contributed by atoms with E-state index < -0.39 is 0 Å². The first-order valence-electron chi connectivity index (χ1n) is 36.0. The number of H-pyrrole nitrogens is 2. The Morgan fingerprint density at radius 2 is 1.09 bits per heavy atom. The smallest absolute Gasteiger partial charge is 0.192 e. The van der Waals surface area contributed by atoms with Gasteiger partial charge in [0.2, 0.25) is 0 Å². The zero-order chi connectivity index (χ0) is 76.7. The Morgan fingerprint density at radius 3 is 1.70 bits per heavy atom. The summed E-state index contributed by atoms with van der Waals surface area (Å²) >= 11 is 3.09. The van der Waals surface area contributed by atoms with Crippen molar-refractivity contribution in [1.29, 1.82) is 0 Å². The molecule has 12 aromatic heterocycles. The van der Waals surface area contributed by atoms with Crippen LogP contribution in [-0.4, -0.2) is 101 Å². The average Bonchev–Trinajstić information content (AvgIpc) is 1.57. The van der Waals surface area contributed by atoms with Crippen molar-refractivity contribution in [2.24, 2.45) is 20.0 Å². The van der Waals surface area contributed by atoms with Crippen molar-refractivity contribution < 1.29 is 4.42 Å². The van der Waals surface area contributed by atoms with Crippen LogP contribution in [0.1, 0.15) is 122 Å². The lowest BCUT2D eigenvalue weighted by Crippen LogP contribution is -1.93. The van der Waals surface area contributed by atoms with E-state index >= 15 is 0 Å². The molecule has 0 saturated heterocycles. The molecular formula is C86H92N20OS2. The number of aryl methyl sites for hydroxylation is 8. The van der Waals surface area contributed by atoms with Gasteiger partial charge in [0.05, 0.1) is 56.2 Å². The molecule has 109 heavy (non-hydrogen) atoms. The van der Waals surface area contributed by atoms with Crippen LogP contribution in [0.4, 0.5) is 17.1 Å². The standard InChI is InChI=1S/C9H8N2.C9H13N.2C9H9N.2C8H8N2.C8H7NO.C7H7N3.C6H6N2S.C6H7N.C4H6N2.C3H4N2S/c1-7-6-10-8-4-2-3-5-9(8)11-7;3*1-7-6-8-4-2-3-5-9(8)10-7;1-6-5-8-7(10-6)3-2-4-9-8;1-7-6-10-5-3-2-4-8(10)9-7;1-6-9-7-4-2-3-5-8(7)10-6;1-6-8-7-4-2-3-5-10(7)9-6;1-4-7-5-2-9-3-6(5)8-4;1-6-4-2-3-5-7-6;1-4-5-2-3-6-4;1-3-4-2-5-6-3/h2-6H,1H3;2-6H2,1H3;2*2-5H,6H2,1H3;2-4H,5H2,1H3;2-6H,1H3;2*2-5H,1H3;2-3H,1H3,(H,7,8);2-5H,1H3;2-3H,1H3,(H,5,6);2H,1H3. The van der Waals surface area contributed by atoms with Crippen LogP contribution in [0, 0.1) is 55.4 Å². The third-order valence-electron chi connectivity index (χ3n) is 16.4. The van der Waals surface area contributed by atoms with Crippen LogP contribution < -0.4 is 0 Å². The summed E-state index contributed by atoms with van der Waals surface area (Å²) in [5.74, 6) is 3.50. The molecule has 1 aliphatic carbocycles. The average molecular weight is 1490 g/mol. The normalized spacial score (nSPS) is 12.7. The first-order chi connectivity index (χ1) is 52.9. The second-order valence-electron chi connectivity index (χ2n) is 25.9. The zero-order valence-electron chi connectivity index (χ0n) is 63.9. The van der Waals surface area contributed by atoms with Crippen molar-refractivity contribution in [3.05, 3.63) is 304 Å². The minimum atomic E-state index is 0.723. The fourth-order valence-electron chi connectivity index (χ4n) is 11.5. The number of benzene rings is 4. The molecule has 0 radical (unpaired) electrons. The van der Waals surface area contributed by atoms with Gasteiger partial charge in [-0.15, -0.1) is 11.3 Å². The Balaban J connectivity index is 0.000000127. The van der Waals surface area contributed by atoms with Gasteiger partial charge in [-0.25, -0.2) is 39.4 Å². The molecule has 0 amide bonds. The third kappa shape index (κ3) is 25.7. The van der Waals surface area contributed by atoms with E-state index in [2.05, 4.69) is 152 Å². The number of aromatic amines is 2. The van der Waals surface area contributed by atoms with E-state index in [1.807, 2.05) is 224 Å². The zero-order valence-corrected chi connectivity index (χ0v) is 65.5. The molecule has 554 valence electrons. The topological polar surface area (TPSA) is 258 Å². The molecule has 2 N–H and O–H groups in total. The van der Waals surface area contributed by atoms with Crippen LogP contribution in [0.25, 0.3) is 44.5 Å². The van der Waals surface area contributed by atoms with Crippen molar-refractivity contribution in [3.8, 4) is 0 Å². The number of para-hydroxylation sites is 6. The van der Waals surface area contributed by atoms with Gasteiger partial charge in [-0.2, -0.15) is 9.47 Å². The highest BCUT2D eigenvalue weighted by Gasteiger charge is 2.18. The van der Waals surface area contributed by atoms with Gasteiger partial charge in [0.15, 0.2) is 17.1 Å². The number of hydrogen-bond donors (Lipinski definition) is 2. The molecule has 16 aromatic rings. The van der Waals surface area contributed by atoms with Crippen LogP contribution in [-0.2, 0) is 19.3 Å². The quantitative estimate of drug-likeness (QED) is 0.143. The Morgan fingerprint density at radius 1 is 0.450 bits per heavy atom. The Hall–Kier alpha value is -12.3. The number of aromatic nitrogens is 16. The van der Waals surface area contributed by atoms with Crippen LogP contribution in [0.2, 0.25) is 0 Å². The number of hydrogen-bond acceptors (Lipinski definition) is 19. The molecule has 4 aliphatic heterocycles. The van der Waals surface area contributed by atoms with Crippen molar-refractivity contribution in [2.45, 2.75) is 134 Å². The summed E-state index contributed by atoms with van der Waals surface area (Å²) in [5, 5.41) is 9.25. The van der Waals surface area contributed by atoms with Crippen molar-refractivity contribution in [2.75, 3.05) is 0 Å². The Bertz CT molecular complexity index is 5170. The van der Waals surface area contributed by atoms with Crippen LogP contribution in [0.3, 0.4) is 0 Å². The highest BCUT2D eigenvalue weighted by Crippen LogP contribution is 2.33. The van der Waals surface area contributed by atoms with Gasteiger partial charge in [0.1, 0.15) is 40.0 Å². The molecule has 21 nitrogen and oxygen atoms in total. The van der Waals surface area contributed by atoms with Gasteiger partial charge in [-0.3, -0.25) is 34.9 Å². The van der Waals surface area contributed by atoms with E-state index in [4.69, 9.17) is 4.42 Å². The van der Waals surface area contributed by atoms with Gasteiger partial charge in [0.25, 0.3) is 0 Å². The number of allylic oxidation sites excluding steroid dienone is 2. The number of rotatable bonds is 0. The number of aliphatic imine (C=N–C) groups is 4. The minimum Gasteiger partial charge on any atom is -0.441 e. The lowest BCUT2D eigenvalue weighted by atomic mass is 9.96. The first kappa shape index (κ1) is 79.2. The Kier molecular flexibility index (Phi) is 29.8. The molecule has 4 aromatic carbocycles. The highest BCUT2D eigenvalue weighted by molar-refractivity contribution is 7.09.